The lowest BCUT2D eigenvalue weighted by Crippen LogP contribution is -2.23. The van der Waals surface area contributed by atoms with E-state index in [0.29, 0.717) is 0 Å². The van der Waals surface area contributed by atoms with Crippen molar-refractivity contribution in [1.82, 2.24) is 0 Å². The van der Waals surface area contributed by atoms with Crippen molar-refractivity contribution in [3.8, 4) is 0 Å². The number of hydrogen-bond donors (Lipinski definition) is 1. The summed E-state index contributed by atoms with van der Waals surface area (Å²) in [5, 5.41) is 0. The van der Waals surface area contributed by atoms with E-state index in [1.54, 1.807) is 0 Å². The maximum atomic E-state index is 9.70. The van der Waals surface area contributed by atoms with Crippen LogP contribution in [0.3, 0.4) is 0 Å². The Kier molecular flexibility index (Phi) is 11.9. The quantitative estimate of drug-likeness (QED) is 0.275. The van der Waals surface area contributed by atoms with Gasteiger partial charge in [-0.2, -0.15) is 0 Å². The molecule has 0 radical (unpaired) electrons. The van der Waals surface area contributed by atoms with Gasteiger partial charge in [0, 0.05) is 0 Å². The van der Waals surface area contributed by atoms with Crippen molar-refractivity contribution < 1.29 is 4.80 Å². The molecule has 18 heavy (non-hydrogen) atoms. The molecular formula is C16H34OSi. The fourth-order valence-corrected chi connectivity index (χ4v) is 3.21. The van der Waals surface area contributed by atoms with Gasteiger partial charge in [-0.1, -0.05) is 64.0 Å². The van der Waals surface area contributed by atoms with E-state index in [9.17, 15) is 4.80 Å². The number of rotatable bonds is 12. The highest BCUT2D eigenvalue weighted by Gasteiger charge is 2.14. The zero-order valence-corrected chi connectivity index (χ0v) is 13.9. The molecule has 0 saturated heterocycles. The first kappa shape index (κ1) is 17.9. The molecule has 0 aromatic heterocycles. The summed E-state index contributed by atoms with van der Waals surface area (Å²) in [4.78, 5) is 9.70. The molecule has 0 amide bonds. The smallest absolute Gasteiger partial charge is 0.182 e. The fraction of sp³-hybridized carbons (Fsp3) is 0.875. The molecule has 0 fully saturated rings. The summed E-state index contributed by atoms with van der Waals surface area (Å²) in [6, 6.07) is 1.05. The van der Waals surface area contributed by atoms with E-state index < -0.39 is 8.32 Å². The largest absolute Gasteiger partial charge is 0.432 e. The maximum Gasteiger partial charge on any atom is 0.182 e. The Labute approximate surface area is 116 Å². The van der Waals surface area contributed by atoms with E-state index in [-0.39, 0.29) is 0 Å². The van der Waals surface area contributed by atoms with Crippen molar-refractivity contribution in [2.24, 2.45) is 0 Å². The summed E-state index contributed by atoms with van der Waals surface area (Å²) in [5.74, 6) is 0. The summed E-state index contributed by atoms with van der Waals surface area (Å²) in [6.45, 7) is 6.33. The van der Waals surface area contributed by atoms with Crippen LogP contribution in [0.1, 0.15) is 71.1 Å². The van der Waals surface area contributed by atoms with Crippen LogP contribution in [-0.4, -0.2) is 13.1 Å². The van der Waals surface area contributed by atoms with Gasteiger partial charge in [0.05, 0.1) is 0 Å². The average molecular weight is 271 g/mol. The molecule has 0 aromatic carbocycles. The highest BCUT2D eigenvalue weighted by Crippen LogP contribution is 2.12. The minimum atomic E-state index is -1.78. The molecule has 1 nitrogen and oxygen atoms in total. The third kappa shape index (κ3) is 15.9. The van der Waals surface area contributed by atoms with Gasteiger partial charge in [-0.15, -0.1) is 0 Å². The first-order valence-corrected chi connectivity index (χ1v) is 11.1. The van der Waals surface area contributed by atoms with Crippen molar-refractivity contribution in [1.29, 1.82) is 0 Å². The lowest BCUT2D eigenvalue weighted by molar-refractivity contribution is 0.541. The van der Waals surface area contributed by atoms with Crippen LogP contribution >= 0.6 is 0 Å². The number of allylic oxidation sites excluding steroid dienone is 2. The summed E-state index contributed by atoms with van der Waals surface area (Å²) in [6.07, 6.45) is 17.9. The van der Waals surface area contributed by atoms with Gasteiger partial charge in [0.25, 0.3) is 0 Å². The summed E-state index contributed by atoms with van der Waals surface area (Å²) < 4.78 is 0. The average Bonchev–Trinajstić information content (AvgIpc) is 2.29. The molecule has 0 saturated carbocycles. The second-order valence-electron chi connectivity index (χ2n) is 6.09. The monoisotopic (exact) mass is 270 g/mol. The van der Waals surface area contributed by atoms with Crippen molar-refractivity contribution in [2.45, 2.75) is 90.3 Å². The molecule has 0 bridgehead atoms. The molecule has 0 unspecified atom stereocenters. The molecule has 0 aliphatic carbocycles. The minimum absolute atomic E-state index is 1.05. The van der Waals surface area contributed by atoms with Gasteiger partial charge in [0.2, 0.25) is 0 Å². The van der Waals surface area contributed by atoms with Gasteiger partial charge in [-0.25, -0.2) is 0 Å². The van der Waals surface area contributed by atoms with E-state index >= 15 is 0 Å². The normalized spacial score (nSPS) is 12.4. The third-order valence-electron chi connectivity index (χ3n) is 3.30. The second kappa shape index (κ2) is 12.0. The highest BCUT2D eigenvalue weighted by atomic mass is 28.4. The predicted octanol–water partition coefficient (Wildman–Crippen LogP) is 5.66. The van der Waals surface area contributed by atoms with Crippen molar-refractivity contribution in [2.75, 3.05) is 0 Å². The lowest BCUT2D eigenvalue weighted by atomic mass is 10.1. The van der Waals surface area contributed by atoms with Gasteiger partial charge < -0.3 is 4.80 Å². The zero-order chi connectivity index (χ0) is 13.7. The van der Waals surface area contributed by atoms with E-state index in [2.05, 4.69) is 19.1 Å². The molecule has 0 spiro atoms. The zero-order valence-electron chi connectivity index (χ0n) is 12.9. The van der Waals surface area contributed by atoms with E-state index in [4.69, 9.17) is 0 Å². The Morgan fingerprint density at radius 3 is 1.83 bits per heavy atom. The van der Waals surface area contributed by atoms with Gasteiger partial charge in [-0.3, -0.25) is 0 Å². The SMILES string of the molecule is CCCCCCCC/C=C/CCCC[Si](C)(C)O. The first-order chi connectivity index (χ1) is 8.56. The Morgan fingerprint density at radius 2 is 1.28 bits per heavy atom. The van der Waals surface area contributed by atoms with E-state index in [0.717, 1.165) is 6.04 Å². The van der Waals surface area contributed by atoms with Crippen LogP contribution in [0.5, 0.6) is 0 Å². The molecular weight excluding hydrogens is 236 g/mol. The van der Waals surface area contributed by atoms with Crippen LogP contribution in [-0.2, 0) is 0 Å². The second-order valence-corrected chi connectivity index (χ2v) is 10.2. The van der Waals surface area contributed by atoms with E-state index in [1.807, 2.05) is 13.1 Å². The Hall–Kier alpha value is -0.0831. The maximum absolute atomic E-state index is 9.70. The molecule has 1 N–H and O–H groups in total. The molecule has 0 aliphatic heterocycles. The van der Waals surface area contributed by atoms with Crippen LogP contribution in [0.4, 0.5) is 0 Å². The lowest BCUT2D eigenvalue weighted by Gasteiger charge is -2.12. The van der Waals surface area contributed by atoms with Crippen LogP contribution in [0, 0.1) is 0 Å². The Morgan fingerprint density at radius 1 is 0.778 bits per heavy atom. The number of unbranched alkanes of at least 4 members (excludes halogenated alkanes) is 8. The van der Waals surface area contributed by atoms with Gasteiger partial charge in [0.1, 0.15) is 0 Å². The molecule has 0 atom stereocenters. The van der Waals surface area contributed by atoms with Crippen LogP contribution in [0.15, 0.2) is 12.2 Å². The summed E-state index contributed by atoms with van der Waals surface area (Å²) in [5.41, 5.74) is 0. The van der Waals surface area contributed by atoms with E-state index in [1.165, 1.54) is 64.2 Å². The third-order valence-corrected chi connectivity index (χ3v) is 4.88. The first-order valence-electron chi connectivity index (χ1n) is 7.93. The fourth-order valence-electron chi connectivity index (χ4n) is 2.10. The standard InChI is InChI=1S/C16H34OSi/c1-4-5-6-7-8-9-10-11-12-13-14-15-16-18(2,3)17/h11-12,17H,4-10,13-16H2,1-3H3/b12-11+. The van der Waals surface area contributed by atoms with Crippen molar-refractivity contribution in [3.05, 3.63) is 12.2 Å². The van der Waals surface area contributed by atoms with Gasteiger partial charge >= 0.3 is 0 Å². The summed E-state index contributed by atoms with van der Waals surface area (Å²) in [7, 11) is -1.78. The van der Waals surface area contributed by atoms with Crippen molar-refractivity contribution in [3.63, 3.8) is 0 Å². The minimum Gasteiger partial charge on any atom is -0.432 e. The number of hydrogen-bond acceptors (Lipinski definition) is 1. The van der Waals surface area contributed by atoms with Crippen LogP contribution < -0.4 is 0 Å². The molecule has 0 aromatic rings. The van der Waals surface area contributed by atoms with Crippen LogP contribution in [0.25, 0.3) is 0 Å². The van der Waals surface area contributed by atoms with Gasteiger partial charge in [-0.05, 0) is 38.4 Å². The van der Waals surface area contributed by atoms with Crippen LogP contribution in [0.2, 0.25) is 19.1 Å². The molecule has 0 rings (SSSR count). The van der Waals surface area contributed by atoms with Gasteiger partial charge in [0.15, 0.2) is 8.32 Å². The highest BCUT2D eigenvalue weighted by molar-refractivity contribution is 6.69. The topological polar surface area (TPSA) is 20.2 Å². The molecule has 0 aliphatic rings. The summed E-state index contributed by atoms with van der Waals surface area (Å²) >= 11 is 0. The predicted molar refractivity (Wildman–Crippen MR) is 85.5 cm³/mol. The Bertz CT molecular complexity index is 194. The molecule has 2 heteroatoms. The Balaban J connectivity index is 3.14. The molecule has 108 valence electrons. The van der Waals surface area contributed by atoms with Crippen molar-refractivity contribution >= 4 is 8.32 Å². The molecule has 0 heterocycles.